The Bertz CT molecular complexity index is 1500. The largest absolute Gasteiger partial charge is 0.491 e. The van der Waals surface area contributed by atoms with Gasteiger partial charge in [-0.3, -0.25) is 0 Å². The highest BCUT2D eigenvalue weighted by atomic mass is 35.5. The summed E-state index contributed by atoms with van der Waals surface area (Å²) >= 11 is 6.42. The molecule has 0 atom stereocenters. The molecular formula is C28H32ClN5O3S. The zero-order valence-corrected chi connectivity index (χ0v) is 23.3. The molecule has 0 aliphatic carbocycles. The molecule has 0 amide bonds. The van der Waals surface area contributed by atoms with Gasteiger partial charge in [0.25, 0.3) is 0 Å². The molecular weight excluding hydrogens is 522 g/mol. The predicted octanol–water partition coefficient (Wildman–Crippen LogP) is 5.81. The van der Waals surface area contributed by atoms with Crippen LogP contribution < -0.4 is 20.7 Å². The average Bonchev–Trinajstić information content (AvgIpc) is 2.91. The van der Waals surface area contributed by atoms with E-state index in [9.17, 15) is 8.42 Å². The van der Waals surface area contributed by atoms with Crippen LogP contribution in [0.2, 0.25) is 5.02 Å². The number of nitrogens with zero attached hydrogens (tertiary/aromatic N) is 2. The van der Waals surface area contributed by atoms with Crippen molar-refractivity contribution in [3.8, 4) is 5.75 Å². The van der Waals surface area contributed by atoms with Gasteiger partial charge in [-0.1, -0.05) is 29.8 Å². The minimum atomic E-state index is -3.52. The van der Waals surface area contributed by atoms with Crippen LogP contribution in [0, 0.1) is 6.92 Å². The van der Waals surface area contributed by atoms with Crippen LogP contribution in [0.1, 0.15) is 43.4 Å². The van der Waals surface area contributed by atoms with Crippen LogP contribution in [0.5, 0.6) is 5.75 Å². The summed E-state index contributed by atoms with van der Waals surface area (Å²) in [5.41, 5.74) is 6.24. The number of ether oxygens (including phenoxy) is 1. The number of sulfone groups is 1. The number of aryl methyl sites for hydroxylation is 1. The highest BCUT2D eigenvalue weighted by molar-refractivity contribution is 7.92. The Morgan fingerprint density at radius 2 is 1.95 bits per heavy atom. The van der Waals surface area contributed by atoms with Crippen molar-refractivity contribution < 1.29 is 13.2 Å². The number of aromatic nitrogens is 2. The fraction of sp³-hybridized carbons (Fsp3) is 0.357. The van der Waals surface area contributed by atoms with Gasteiger partial charge in [0.15, 0.2) is 15.7 Å². The fourth-order valence-electron chi connectivity index (χ4n) is 4.92. The third-order valence-corrected chi connectivity index (χ3v) is 9.32. The number of rotatable bonds is 7. The number of nitrogens with one attached hydrogen (secondary N) is 3. The lowest BCUT2D eigenvalue weighted by molar-refractivity contribution is 0.289. The van der Waals surface area contributed by atoms with Crippen molar-refractivity contribution in [3.63, 3.8) is 0 Å². The number of hydrogen-bond acceptors (Lipinski definition) is 8. The van der Waals surface area contributed by atoms with Gasteiger partial charge in [-0.05, 0) is 81.5 Å². The molecule has 0 radical (unpaired) electrons. The lowest BCUT2D eigenvalue weighted by atomic mass is 9.87. The van der Waals surface area contributed by atoms with E-state index in [1.165, 1.54) is 28.5 Å². The van der Waals surface area contributed by atoms with E-state index in [1.807, 2.05) is 0 Å². The van der Waals surface area contributed by atoms with Crippen molar-refractivity contribution in [1.29, 1.82) is 0 Å². The van der Waals surface area contributed by atoms with Crippen molar-refractivity contribution >= 4 is 50.2 Å². The molecule has 0 spiro atoms. The van der Waals surface area contributed by atoms with Crippen LogP contribution in [0.3, 0.4) is 0 Å². The van der Waals surface area contributed by atoms with E-state index < -0.39 is 15.1 Å². The zero-order valence-electron chi connectivity index (χ0n) is 21.8. The molecule has 200 valence electrons. The molecule has 8 nitrogen and oxygen atoms in total. The van der Waals surface area contributed by atoms with Gasteiger partial charge in [-0.25, -0.2) is 13.4 Å². The molecule has 10 heteroatoms. The average molecular weight is 554 g/mol. The maximum Gasteiger partial charge on any atom is 0.229 e. The van der Waals surface area contributed by atoms with Gasteiger partial charge in [0.1, 0.15) is 10.8 Å². The van der Waals surface area contributed by atoms with E-state index in [4.69, 9.17) is 16.3 Å². The maximum absolute atomic E-state index is 12.9. The summed E-state index contributed by atoms with van der Waals surface area (Å²) in [6, 6.07) is 8.82. The Labute approximate surface area is 228 Å². The topological polar surface area (TPSA) is 105 Å². The van der Waals surface area contributed by atoms with Crippen LogP contribution in [0.25, 0.3) is 5.57 Å². The molecule has 3 N–H and O–H groups in total. The number of halogens is 1. The highest BCUT2D eigenvalue weighted by Gasteiger charge is 2.25. The van der Waals surface area contributed by atoms with Gasteiger partial charge < -0.3 is 20.7 Å². The van der Waals surface area contributed by atoms with Crippen LogP contribution in [-0.4, -0.2) is 43.3 Å². The smallest absolute Gasteiger partial charge is 0.229 e. The molecule has 0 bridgehead atoms. The molecule has 2 aromatic carbocycles. The van der Waals surface area contributed by atoms with Crippen LogP contribution in [-0.2, 0) is 16.3 Å². The third kappa shape index (κ3) is 5.23. The quantitative estimate of drug-likeness (QED) is 0.337. The highest BCUT2D eigenvalue weighted by Crippen LogP contribution is 2.42. The van der Waals surface area contributed by atoms with Gasteiger partial charge in [-0.15, -0.1) is 0 Å². The number of benzene rings is 2. The van der Waals surface area contributed by atoms with E-state index >= 15 is 0 Å². The fourth-order valence-corrected chi connectivity index (χ4v) is 6.26. The summed E-state index contributed by atoms with van der Waals surface area (Å²) in [4.78, 5) is 9.16. The molecule has 2 aliphatic rings. The summed E-state index contributed by atoms with van der Waals surface area (Å²) in [6.07, 6.45) is 6.67. The Balaban J connectivity index is 1.49. The van der Waals surface area contributed by atoms with Gasteiger partial charge in [-0.2, -0.15) is 4.98 Å². The number of fused-ring (bicyclic) bond motifs is 1. The SMILES string of the molecule is Cc1cc(Nc2ncc(Cl)c(Nc3ccccc3S(=O)(=O)C(C)C)n2)c2c(c1C1=CCNCC1)CCCO2. The molecule has 38 heavy (non-hydrogen) atoms. The molecule has 0 saturated carbocycles. The Morgan fingerprint density at radius 3 is 2.71 bits per heavy atom. The summed E-state index contributed by atoms with van der Waals surface area (Å²) in [7, 11) is -3.52. The summed E-state index contributed by atoms with van der Waals surface area (Å²) in [5.74, 6) is 1.46. The van der Waals surface area contributed by atoms with Crippen molar-refractivity contribution in [2.45, 2.75) is 50.2 Å². The monoisotopic (exact) mass is 553 g/mol. The second-order valence-electron chi connectivity index (χ2n) is 9.79. The number of para-hydroxylation sites is 1. The van der Waals surface area contributed by atoms with Gasteiger partial charge in [0.05, 0.1) is 34.3 Å². The van der Waals surface area contributed by atoms with Crippen molar-refractivity contribution in [2.24, 2.45) is 0 Å². The normalized spacial score (nSPS) is 15.4. The van der Waals surface area contributed by atoms with E-state index in [0.29, 0.717) is 24.1 Å². The summed E-state index contributed by atoms with van der Waals surface area (Å²) in [6.45, 7) is 7.94. The van der Waals surface area contributed by atoms with Crippen molar-refractivity contribution in [3.05, 3.63) is 64.3 Å². The van der Waals surface area contributed by atoms with E-state index in [2.05, 4.69) is 45.0 Å². The van der Waals surface area contributed by atoms with Gasteiger partial charge >= 0.3 is 0 Å². The van der Waals surface area contributed by atoms with Gasteiger partial charge in [0.2, 0.25) is 5.95 Å². The Morgan fingerprint density at radius 1 is 1.13 bits per heavy atom. The lowest BCUT2D eigenvalue weighted by Gasteiger charge is -2.27. The Kier molecular flexibility index (Phi) is 7.61. The first-order valence-corrected chi connectivity index (χ1v) is 14.8. The number of hydrogen-bond donors (Lipinski definition) is 3. The molecule has 3 aromatic rings. The molecule has 0 saturated heterocycles. The van der Waals surface area contributed by atoms with E-state index in [0.717, 1.165) is 43.8 Å². The van der Waals surface area contributed by atoms with E-state index in [-0.39, 0.29) is 9.92 Å². The lowest BCUT2D eigenvalue weighted by Crippen LogP contribution is -2.21. The molecule has 2 aliphatic heterocycles. The minimum absolute atomic E-state index is 0.195. The first-order chi connectivity index (χ1) is 18.3. The summed E-state index contributed by atoms with van der Waals surface area (Å²) < 4.78 is 32.0. The Hall–Kier alpha value is -3.14. The first kappa shape index (κ1) is 26.5. The van der Waals surface area contributed by atoms with Crippen molar-refractivity contribution in [1.82, 2.24) is 15.3 Å². The molecule has 0 unspecified atom stereocenters. The van der Waals surface area contributed by atoms with Crippen LogP contribution >= 0.6 is 11.6 Å². The molecule has 0 fully saturated rings. The molecule has 3 heterocycles. The van der Waals surface area contributed by atoms with Gasteiger partial charge in [0, 0.05) is 12.1 Å². The zero-order chi connectivity index (χ0) is 26.9. The summed E-state index contributed by atoms with van der Waals surface area (Å²) in [5, 5.41) is 9.52. The second kappa shape index (κ2) is 10.9. The standard InChI is InChI=1S/C28H32ClN5O3S/c1-17(2)38(35,36)24-9-5-4-8-22(24)32-27-21(29)16-31-28(34-27)33-23-15-18(3)25(19-10-12-30-13-11-19)20-7-6-14-37-26(20)23/h4-5,8-10,15-17,30H,6-7,11-14H2,1-3H3,(H2,31,32,33,34). The second-order valence-corrected chi connectivity index (χ2v) is 12.7. The van der Waals surface area contributed by atoms with E-state index in [1.54, 1.807) is 38.1 Å². The third-order valence-electron chi connectivity index (χ3n) is 6.84. The van der Waals surface area contributed by atoms with Crippen LogP contribution in [0.15, 0.2) is 47.5 Å². The van der Waals surface area contributed by atoms with Crippen LogP contribution in [0.4, 0.5) is 23.1 Å². The van der Waals surface area contributed by atoms with Crippen molar-refractivity contribution in [2.75, 3.05) is 30.3 Å². The number of anilines is 4. The maximum atomic E-state index is 12.9. The first-order valence-electron chi connectivity index (χ1n) is 12.8. The molecule has 5 rings (SSSR count). The predicted molar refractivity (Wildman–Crippen MR) is 153 cm³/mol. The minimum Gasteiger partial charge on any atom is -0.491 e. The molecule has 1 aromatic heterocycles.